The molecule has 0 atom stereocenters. The molecule has 0 aliphatic heterocycles. The number of hydrogen-bond donors (Lipinski definition) is 1. The van der Waals surface area contributed by atoms with Crippen molar-refractivity contribution in [1.29, 1.82) is 0 Å². The van der Waals surface area contributed by atoms with E-state index in [0.717, 1.165) is 5.56 Å². The molecule has 0 unspecified atom stereocenters. The average Bonchev–Trinajstić information content (AvgIpc) is 2.45. The molecule has 1 N–H and O–H groups in total. The lowest BCUT2D eigenvalue weighted by Gasteiger charge is -2.07. The molecule has 0 amide bonds. The Balaban J connectivity index is 1.86. The van der Waals surface area contributed by atoms with Crippen LogP contribution in [0.3, 0.4) is 0 Å². The molecule has 0 aliphatic rings. The first-order valence-electron chi connectivity index (χ1n) is 5.85. The van der Waals surface area contributed by atoms with Gasteiger partial charge in [-0.05, 0) is 29.8 Å². The number of rotatable bonds is 6. The minimum absolute atomic E-state index is 0.343. The quantitative estimate of drug-likeness (QED) is 0.865. The molecule has 2 aromatic rings. The molecular formula is C15H14O4. The summed E-state index contributed by atoms with van der Waals surface area (Å²) in [6.45, 7) is 0.153. The van der Waals surface area contributed by atoms with Gasteiger partial charge in [-0.3, -0.25) is 0 Å². The largest absolute Gasteiger partial charge is 0.489 e. The summed E-state index contributed by atoms with van der Waals surface area (Å²) < 4.78 is 10.6. The molecule has 2 rings (SSSR count). The van der Waals surface area contributed by atoms with Gasteiger partial charge in [0.05, 0.1) is 0 Å². The molecule has 4 heteroatoms. The van der Waals surface area contributed by atoms with Crippen molar-refractivity contribution >= 4 is 5.97 Å². The third-order valence-corrected chi connectivity index (χ3v) is 2.43. The van der Waals surface area contributed by atoms with Crippen molar-refractivity contribution in [1.82, 2.24) is 0 Å². The van der Waals surface area contributed by atoms with Gasteiger partial charge in [0.2, 0.25) is 0 Å². The summed E-state index contributed by atoms with van der Waals surface area (Å²) in [5.41, 5.74) is 1.09. The standard InChI is InChI=1S/C15H14O4/c16-15(17)11-19-14-8-6-13(7-9-14)18-10-12-4-2-1-3-5-12/h1-9H,10-11H2,(H,16,17). The smallest absolute Gasteiger partial charge is 0.341 e. The third-order valence-electron chi connectivity index (χ3n) is 2.43. The Kier molecular flexibility index (Phi) is 4.39. The van der Waals surface area contributed by atoms with Crippen molar-refractivity contribution in [2.45, 2.75) is 6.61 Å². The molecule has 19 heavy (non-hydrogen) atoms. The SMILES string of the molecule is O=C(O)COc1ccc(OCc2ccccc2)cc1. The molecule has 0 aromatic heterocycles. The van der Waals surface area contributed by atoms with Crippen LogP contribution in [0.15, 0.2) is 54.6 Å². The van der Waals surface area contributed by atoms with E-state index < -0.39 is 5.97 Å². The molecule has 0 heterocycles. The van der Waals surface area contributed by atoms with Crippen LogP contribution in [0.25, 0.3) is 0 Å². The maximum Gasteiger partial charge on any atom is 0.341 e. The lowest BCUT2D eigenvalue weighted by molar-refractivity contribution is -0.139. The maximum atomic E-state index is 10.3. The Bertz CT molecular complexity index is 520. The lowest BCUT2D eigenvalue weighted by atomic mass is 10.2. The molecule has 0 saturated carbocycles. The minimum atomic E-state index is -0.996. The third kappa shape index (κ3) is 4.35. The Hall–Kier alpha value is -2.49. The monoisotopic (exact) mass is 258 g/mol. The van der Waals surface area contributed by atoms with Crippen LogP contribution in [0.1, 0.15) is 5.56 Å². The Labute approximate surface area is 111 Å². The Morgan fingerprint density at radius 2 is 1.47 bits per heavy atom. The normalized spacial score (nSPS) is 9.89. The van der Waals surface area contributed by atoms with E-state index in [1.54, 1.807) is 24.3 Å². The van der Waals surface area contributed by atoms with Gasteiger partial charge in [-0.15, -0.1) is 0 Å². The zero-order valence-corrected chi connectivity index (χ0v) is 10.3. The summed E-state index contributed by atoms with van der Waals surface area (Å²) in [7, 11) is 0. The van der Waals surface area contributed by atoms with Gasteiger partial charge in [0.25, 0.3) is 0 Å². The second kappa shape index (κ2) is 6.44. The molecule has 4 nitrogen and oxygen atoms in total. The molecule has 98 valence electrons. The van der Waals surface area contributed by atoms with E-state index in [1.165, 1.54) is 0 Å². The lowest BCUT2D eigenvalue weighted by Crippen LogP contribution is -2.09. The molecular weight excluding hydrogens is 244 g/mol. The van der Waals surface area contributed by atoms with Crippen LogP contribution in [0.5, 0.6) is 11.5 Å². The van der Waals surface area contributed by atoms with E-state index in [9.17, 15) is 4.79 Å². The number of carboxylic acids is 1. The summed E-state index contributed by atoms with van der Waals surface area (Å²) in [6.07, 6.45) is 0. The highest BCUT2D eigenvalue weighted by atomic mass is 16.5. The fourth-order valence-electron chi connectivity index (χ4n) is 1.52. The van der Waals surface area contributed by atoms with Crippen molar-refractivity contribution in [2.75, 3.05) is 6.61 Å². The summed E-state index contributed by atoms with van der Waals surface area (Å²) in [5.74, 6) is 0.227. The molecule has 0 aliphatic carbocycles. The van der Waals surface area contributed by atoms with Crippen molar-refractivity contribution in [2.24, 2.45) is 0 Å². The number of carbonyl (C=O) groups is 1. The first kappa shape index (κ1) is 13.0. The fraction of sp³-hybridized carbons (Fsp3) is 0.133. The summed E-state index contributed by atoms with van der Waals surface area (Å²) >= 11 is 0. The predicted octanol–water partition coefficient (Wildman–Crippen LogP) is 2.73. The topological polar surface area (TPSA) is 55.8 Å². The molecule has 0 bridgehead atoms. The highest BCUT2D eigenvalue weighted by Gasteiger charge is 2.00. The second-order valence-electron chi connectivity index (χ2n) is 3.93. The fourth-order valence-corrected chi connectivity index (χ4v) is 1.52. The number of benzene rings is 2. The number of hydrogen-bond acceptors (Lipinski definition) is 3. The highest BCUT2D eigenvalue weighted by Crippen LogP contribution is 2.18. The molecule has 0 saturated heterocycles. The van der Waals surface area contributed by atoms with Gasteiger partial charge in [0, 0.05) is 0 Å². The van der Waals surface area contributed by atoms with E-state index in [4.69, 9.17) is 14.6 Å². The number of ether oxygens (including phenoxy) is 2. The van der Waals surface area contributed by atoms with Gasteiger partial charge in [-0.1, -0.05) is 30.3 Å². The minimum Gasteiger partial charge on any atom is -0.489 e. The second-order valence-corrected chi connectivity index (χ2v) is 3.93. The molecule has 0 radical (unpaired) electrons. The van der Waals surface area contributed by atoms with Crippen LogP contribution in [0, 0.1) is 0 Å². The van der Waals surface area contributed by atoms with E-state index in [-0.39, 0.29) is 6.61 Å². The van der Waals surface area contributed by atoms with Crippen molar-refractivity contribution in [3.8, 4) is 11.5 Å². The summed E-state index contributed by atoms with van der Waals surface area (Å²) in [6, 6.07) is 16.7. The summed E-state index contributed by atoms with van der Waals surface area (Å²) in [4.78, 5) is 10.3. The van der Waals surface area contributed by atoms with Crippen molar-refractivity contribution in [3.05, 3.63) is 60.2 Å². The highest BCUT2D eigenvalue weighted by molar-refractivity contribution is 5.68. The van der Waals surface area contributed by atoms with Gasteiger partial charge < -0.3 is 14.6 Å². The molecule has 0 spiro atoms. The average molecular weight is 258 g/mol. The van der Waals surface area contributed by atoms with Gasteiger partial charge in [-0.2, -0.15) is 0 Å². The van der Waals surface area contributed by atoms with E-state index in [1.807, 2.05) is 30.3 Å². The number of carboxylic acid groups (broad SMARTS) is 1. The molecule has 0 fully saturated rings. The zero-order chi connectivity index (χ0) is 13.5. The summed E-state index contributed by atoms with van der Waals surface area (Å²) in [5, 5.41) is 8.49. The first-order valence-corrected chi connectivity index (χ1v) is 5.85. The van der Waals surface area contributed by atoms with Crippen LogP contribution in [0.2, 0.25) is 0 Å². The van der Waals surface area contributed by atoms with Gasteiger partial charge in [-0.25, -0.2) is 4.79 Å². The van der Waals surface area contributed by atoms with Crippen LogP contribution >= 0.6 is 0 Å². The van der Waals surface area contributed by atoms with Crippen LogP contribution in [-0.4, -0.2) is 17.7 Å². The Morgan fingerprint density at radius 1 is 0.895 bits per heavy atom. The van der Waals surface area contributed by atoms with Gasteiger partial charge >= 0.3 is 5.97 Å². The van der Waals surface area contributed by atoms with Crippen molar-refractivity contribution in [3.63, 3.8) is 0 Å². The maximum absolute atomic E-state index is 10.3. The first-order chi connectivity index (χ1) is 9.24. The van der Waals surface area contributed by atoms with E-state index in [2.05, 4.69) is 0 Å². The Morgan fingerprint density at radius 3 is 2.05 bits per heavy atom. The van der Waals surface area contributed by atoms with Gasteiger partial charge in [0.15, 0.2) is 6.61 Å². The van der Waals surface area contributed by atoms with Crippen LogP contribution in [0.4, 0.5) is 0 Å². The zero-order valence-electron chi connectivity index (χ0n) is 10.3. The molecule has 2 aromatic carbocycles. The number of aliphatic carboxylic acids is 1. The predicted molar refractivity (Wildman–Crippen MR) is 70.3 cm³/mol. The van der Waals surface area contributed by atoms with E-state index >= 15 is 0 Å². The van der Waals surface area contributed by atoms with Crippen molar-refractivity contribution < 1.29 is 19.4 Å². The van der Waals surface area contributed by atoms with Crippen LogP contribution in [-0.2, 0) is 11.4 Å². The van der Waals surface area contributed by atoms with Crippen LogP contribution < -0.4 is 9.47 Å². The van der Waals surface area contributed by atoms with E-state index in [0.29, 0.717) is 18.1 Å². The van der Waals surface area contributed by atoms with Gasteiger partial charge in [0.1, 0.15) is 18.1 Å².